The Bertz CT molecular complexity index is 606. The largest absolute Gasteiger partial charge is 0.379 e. The highest BCUT2D eigenvalue weighted by Gasteiger charge is 2.25. The van der Waals surface area contributed by atoms with E-state index in [1.807, 2.05) is 41.0 Å². The van der Waals surface area contributed by atoms with Crippen molar-refractivity contribution in [3.05, 3.63) is 35.4 Å². The molecule has 2 aliphatic heterocycles. The van der Waals surface area contributed by atoms with E-state index in [4.69, 9.17) is 4.74 Å². The summed E-state index contributed by atoms with van der Waals surface area (Å²) in [6.07, 6.45) is 0.547. The van der Waals surface area contributed by atoms with Crippen LogP contribution in [0.1, 0.15) is 22.3 Å². The lowest BCUT2D eigenvalue weighted by Crippen LogP contribution is -2.51. The third-order valence-corrected chi connectivity index (χ3v) is 4.93. The van der Waals surface area contributed by atoms with Crippen molar-refractivity contribution in [3.8, 4) is 0 Å². The Balaban J connectivity index is 1.44. The van der Waals surface area contributed by atoms with Crippen LogP contribution in [-0.4, -0.2) is 85.5 Å². The van der Waals surface area contributed by atoms with Crippen LogP contribution in [0.2, 0.25) is 0 Å². The lowest BCUT2D eigenvalue weighted by atomic mass is 10.1. The molecule has 6 nitrogen and oxygen atoms in total. The fraction of sp³-hybridized carbons (Fsp3) is 0.579. The molecular formula is C19H27N3O3. The number of carbonyl (C=O) groups is 2. The van der Waals surface area contributed by atoms with E-state index in [9.17, 15) is 9.59 Å². The molecule has 2 heterocycles. The van der Waals surface area contributed by atoms with Crippen molar-refractivity contribution in [2.45, 2.75) is 13.3 Å². The molecule has 6 heteroatoms. The standard InChI is InChI=1S/C19H27N3O3/c1-16-3-2-4-17(15-16)19(24)22-9-7-21(8-10-22)18(23)5-6-20-11-13-25-14-12-20/h2-4,15H,5-14H2,1H3. The molecule has 0 N–H and O–H groups in total. The molecule has 2 amide bonds. The molecule has 3 rings (SSSR count). The van der Waals surface area contributed by atoms with Crippen molar-refractivity contribution >= 4 is 11.8 Å². The highest BCUT2D eigenvalue weighted by molar-refractivity contribution is 5.94. The fourth-order valence-corrected chi connectivity index (χ4v) is 3.36. The number of ether oxygens (including phenoxy) is 1. The second-order valence-corrected chi connectivity index (χ2v) is 6.75. The first-order valence-corrected chi connectivity index (χ1v) is 9.07. The monoisotopic (exact) mass is 345 g/mol. The van der Waals surface area contributed by atoms with Crippen LogP contribution in [0.5, 0.6) is 0 Å². The van der Waals surface area contributed by atoms with Crippen LogP contribution in [0, 0.1) is 6.92 Å². The van der Waals surface area contributed by atoms with Gasteiger partial charge in [-0.1, -0.05) is 17.7 Å². The number of aryl methyl sites for hydroxylation is 1. The van der Waals surface area contributed by atoms with Crippen molar-refractivity contribution in [1.29, 1.82) is 0 Å². The highest BCUT2D eigenvalue weighted by Crippen LogP contribution is 2.11. The number of piperazine rings is 1. The normalized spacial score (nSPS) is 19.1. The van der Waals surface area contributed by atoms with Gasteiger partial charge in [-0.05, 0) is 19.1 Å². The lowest BCUT2D eigenvalue weighted by Gasteiger charge is -2.35. The Morgan fingerprint density at radius 1 is 1.00 bits per heavy atom. The molecule has 0 spiro atoms. The Hall–Kier alpha value is -1.92. The van der Waals surface area contributed by atoms with E-state index in [1.54, 1.807) is 0 Å². The Kier molecular flexibility index (Phi) is 6.04. The van der Waals surface area contributed by atoms with Gasteiger partial charge >= 0.3 is 0 Å². The van der Waals surface area contributed by atoms with Gasteiger partial charge in [0.1, 0.15) is 0 Å². The van der Waals surface area contributed by atoms with E-state index < -0.39 is 0 Å². The SMILES string of the molecule is Cc1cccc(C(=O)N2CCN(C(=O)CCN3CCOCC3)CC2)c1. The van der Waals surface area contributed by atoms with Crippen LogP contribution in [0.25, 0.3) is 0 Å². The molecule has 0 atom stereocenters. The zero-order valence-corrected chi connectivity index (χ0v) is 14.9. The van der Waals surface area contributed by atoms with E-state index in [0.29, 0.717) is 32.6 Å². The van der Waals surface area contributed by atoms with E-state index in [-0.39, 0.29) is 11.8 Å². The summed E-state index contributed by atoms with van der Waals surface area (Å²) in [5, 5.41) is 0. The number of carbonyl (C=O) groups excluding carboxylic acids is 2. The van der Waals surface area contributed by atoms with Gasteiger partial charge in [-0.3, -0.25) is 14.5 Å². The summed E-state index contributed by atoms with van der Waals surface area (Å²) >= 11 is 0. The van der Waals surface area contributed by atoms with Gasteiger partial charge in [0.05, 0.1) is 13.2 Å². The van der Waals surface area contributed by atoms with Gasteiger partial charge in [-0.2, -0.15) is 0 Å². The summed E-state index contributed by atoms with van der Waals surface area (Å²) in [5.41, 5.74) is 1.81. The summed E-state index contributed by atoms with van der Waals surface area (Å²) < 4.78 is 5.33. The van der Waals surface area contributed by atoms with Gasteiger partial charge in [-0.25, -0.2) is 0 Å². The number of hydrogen-bond donors (Lipinski definition) is 0. The summed E-state index contributed by atoms with van der Waals surface area (Å²) in [7, 11) is 0. The van der Waals surface area contributed by atoms with Gasteiger partial charge < -0.3 is 14.5 Å². The van der Waals surface area contributed by atoms with Crippen LogP contribution < -0.4 is 0 Å². The maximum Gasteiger partial charge on any atom is 0.253 e. The second-order valence-electron chi connectivity index (χ2n) is 6.75. The molecule has 0 saturated carbocycles. The quantitative estimate of drug-likeness (QED) is 0.817. The average Bonchev–Trinajstić information content (AvgIpc) is 2.66. The maximum absolute atomic E-state index is 12.6. The number of rotatable bonds is 4. The minimum Gasteiger partial charge on any atom is -0.379 e. The number of nitrogens with zero attached hydrogens (tertiary/aromatic N) is 3. The van der Waals surface area contributed by atoms with Gasteiger partial charge in [0, 0.05) is 57.8 Å². The molecular weight excluding hydrogens is 318 g/mol. The highest BCUT2D eigenvalue weighted by atomic mass is 16.5. The molecule has 2 aliphatic rings. The molecule has 0 aliphatic carbocycles. The Morgan fingerprint density at radius 2 is 1.68 bits per heavy atom. The topological polar surface area (TPSA) is 53.1 Å². The summed E-state index contributed by atoms with van der Waals surface area (Å²) in [5.74, 6) is 0.248. The zero-order valence-electron chi connectivity index (χ0n) is 14.9. The van der Waals surface area contributed by atoms with Crippen LogP contribution >= 0.6 is 0 Å². The molecule has 0 aromatic heterocycles. The molecule has 0 unspecified atom stereocenters. The predicted molar refractivity (Wildman–Crippen MR) is 95.5 cm³/mol. The predicted octanol–water partition coefficient (Wildman–Crippen LogP) is 1.00. The number of amides is 2. The fourth-order valence-electron chi connectivity index (χ4n) is 3.36. The first kappa shape index (κ1) is 17.9. The summed E-state index contributed by atoms with van der Waals surface area (Å²) in [6, 6.07) is 7.67. The molecule has 2 saturated heterocycles. The van der Waals surface area contributed by atoms with Crippen LogP contribution in [0.3, 0.4) is 0 Å². The zero-order chi connectivity index (χ0) is 17.6. The third kappa shape index (κ3) is 4.80. The van der Waals surface area contributed by atoms with Crippen molar-refractivity contribution in [2.75, 3.05) is 59.0 Å². The first-order chi connectivity index (χ1) is 12.1. The van der Waals surface area contributed by atoms with Crippen LogP contribution in [0.15, 0.2) is 24.3 Å². The average molecular weight is 345 g/mol. The molecule has 0 bridgehead atoms. The minimum absolute atomic E-state index is 0.0594. The van der Waals surface area contributed by atoms with Crippen molar-refractivity contribution < 1.29 is 14.3 Å². The molecule has 25 heavy (non-hydrogen) atoms. The molecule has 2 fully saturated rings. The van der Waals surface area contributed by atoms with E-state index in [1.165, 1.54) is 0 Å². The molecule has 1 aromatic rings. The van der Waals surface area contributed by atoms with E-state index >= 15 is 0 Å². The smallest absolute Gasteiger partial charge is 0.253 e. The molecule has 136 valence electrons. The Morgan fingerprint density at radius 3 is 2.36 bits per heavy atom. The number of hydrogen-bond acceptors (Lipinski definition) is 4. The van der Waals surface area contributed by atoms with Crippen molar-refractivity contribution in [2.24, 2.45) is 0 Å². The van der Waals surface area contributed by atoms with Crippen molar-refractivity contribution in [1.82, 2.24) is 14.7 Å². The molecule has 1 aromatic carbocycles. The third-order valence-electron chi connectivity index (χ3n) is 4.93. The van der Waals surface area contributed by atoms with Crippen LogP contribution in [-0.2, 0) is 9.53 Å². The van der Waals surface area contributed by atoms with E-state index in [0.717, 1.165) is 44.0 Å². The van der Waals surface area contributed by atoms with Gasteiger partial charge in [0.2, 0.25) is 5.91 Å². The first-order valence-electron chi connectivity index (χ1n) is 9.07. The lowest BCUT2D eigenvalue weighted by molar-refractivity contribution is -0.133. The maximum atomic E-state index is 12.6. The number of morpholine rings is 1. The second kappa shape index (κ2) is 8.45. The molecule has 0 radical (unpaired) electrons. The van der Waals surface area contributed by atoms with Crippen LogP contribution in [0.4, 0.5) is 0 Å². The van der Waals surface area contributed by atoms with Gasteiger partial charge in [0.25, 0.3) is 5.91 Å². The van der Waals surface area contributed by atoms with Crippen molar-refractivity contribution in [3.63, 3.8) is 0 Å². The van der Waals surface area contributed by atoms with Gasteiger partial charge in [-0.15, -0.1) is 0 Å². The Labute approximate surface area is 149 Å². The van der Waals surface area contributed by atoms with E-state index in [2.05, 4.69) is 4.90 Å². The number of benzene rings is 1. The van der Waals surface area contributed by atoms with Gasteiger partial charge in [0.15, 0.2) is 0 Å². The minimum atomic E-state index is 0.0594. The summed E-state index contributed by atoms with van der Waals surface area (Å²) in [6.45, 7) is 8.58. The summed E-state index contributed by atoms with van der Waals surface area (Å²) in [4.78, 5) is 31.0.